The SMILES string of the molecule is CCCC1(CNCC2CC3CCC2O3)CCNC1. The van der Waals surface area contributed by atoms with Crippen molar-refractivity contribution in [3.63, 3.8) is 0 Å². The summed E-state index contributed by atoms with van der Waals surface area (Å²) >= 11 is 0. The third kappa shape index (κ3) is 2.59. The fourth-order valence-corrected chi connectivity index (χ4v) is 4.26. The summed E-state index contributed by atoms with van der Waals surface area (Å²) in [7, 11) is 0. The van der Waals surface area contributed by atoms with Gasteiger partial charge in [0.25, 0.3) is 0 Å². The molecule has 3 aliphatic rings. The Kier molecular flexibility index (Phi) is 3.92. The van der Waals surface area contributed by atoms with Crippen LogP contribution in [0.2, 0.25) is 0 Å². The van der Waals surface area contributed by atoms with Gasteiger partial charge in [0.05, 0.1) is 12.2 Å². The van der Waals surface area contributed by atoms with E-state index in [1.54, 1.807) is 0 Å². The van der Waals surface area contributed by atoms with Gasteiger partial charge in [-0.25, -0.2) is 0 Å². The zero-order valence-corrected chi connectivity index (χ0v) is 11.7. The summed E-state index contributed by atoms with van der Waals surface area (Å²) < 4.78 is 5.93. The Hall–Kier alpha value is -0.120. The second-order valence-electron chi connectivity index (χ2n) is 6.68. The van der Waals surface area contributed by atoms with Crippen LogP contribution in [0.1, 0.15) is 45.4 Å². The normalized spacial score (nSPS) is 42.8. The first-order valence-corrected chi connectivity index (χ1v) is 7.88. The van der Waals surface area contributed by atoms with Crippen molar-refractivity contribution in [2.75, 3.05) is 26.2 Å². The third-order valence-corrected chi connectivity index (χ3v) is 5.25. The Morgan fingerprint density at radius 1 is 1.39 bits per heavy atom. The molecule has 3 nitrogen and oxygen atoms in total. The standard InChI is InChI=1S/C15H28N2O/c1-2-5-15(6-7-16-10-15)11-17-9-12-8-13-3-4-14(12)18-13/h12-14,16-17H,2-11H2,1H3. The van der Waals surface area contributed by atoms with Crippen molar-refractivity contribution in [3.8, 4) is 0 Å². The average molecular weight is 252 g/mol. The minimum Gasteiger partial charge on any atom is -0.375 e. The van der Waals surface area contributed by atoms with E-state index in [-0.39, 0.29) is 0 Å². The monoisotopic (exact) mass is 252 g/mol. The summed E-state index contributed by atoms with van der Waals surface area (Å²) in [6, 6.07) is 0. The molecule has 0 saturated carbocycles. The van der Waals surface area contributed by atoms with Gasteiger partial charge in [0.2, 0.25) is 0 Å². The van der Waals surface area contributed by atoms with Gasteiger partial charge in [0.1, 0.15) is 0 Å². The summed E-state index contributed by atoms with van der Waals surface area (Å²) in [5.41, 5.74) is 0.535. The highest BCUT2D eigenvalue weighted by molar-refractivity contribution is 4.93. The first-order valence-electron chi connectivity index (χ1n) is 7.88. The highest BCUT2D eigenvalue weighted by atomic mass is 16.5. The van der Waals surface area contributed by atoms with Crippen LogP contribution in [0.15, 0.2) is 0 Å². The smallest absolute Gasteiger partial charge is 0.0621 e. The quantitative estimate of drug-likeness (QED) is 0.758. The van der Waals surface area contributed by atoms with Gasteiger partial charge >= 0.3 is 0 Å². The lowest BCUT2D eigenvalue weighted by molar-refractivity contribution is 0.0918. The van der Waals surface area contributed by atoms with E-state index in [4.69, 9.17) is 4.74 Å². The van der Waals surface area contributed by atoms with E-state index in [1.165, 1.54) is 64.7 Å². The summed E-state index contributed by atoms with van der Waals surface area (Å²) in [6.45, 7) is 7.10. The lowest BCUT2D eigenvalue weighted by Gasteiger charge is -2.29. The molecule has 0 aliphatic carbocycles. The van der Waals surface area contributed by atoms with E-state index in [1.807, 2.05) is 0 Å². The van der Waals surface area contributed by atoms with Crippen LogP contribution in [0.3, 0.4) is 0 Å². The van der Waals surface area contributed by atoms with Crippen molar-refractivity contribution in [3.05, 3.63) is 0 Å². The van der Waals surface area contributed by atoms with E-state index in [9.17, 15) is 0 Å². The Morgan fingerprint density at radius 3 is 2.94 bits per heavy atom. The molecule has 3 heteroatoms. The van der Waals surface area contributed by atoms with Crippen molar-refractivity contribution in [1.29, 1.82) is 0 Å². The minimum atomic E-state index is 0.535. The zero-order valence-electron chi connectivity index (χ0n) is 11.7. The second-order valence-corrected chi connectivity index (χ2v) is 6.68. The van der Waals surface area contributed by atoms with Gasteiger partial charge in [0, 0.05) is 25.6 Å². The average Bonchev–Trinajstić information content (AvgIpc) is 3.06. The molecule has 0 aromatic heterocycles. The van der Waals surface area contributed by atoms with Crippen LogP contribution in [0.4, 0.5) is 0 Å². The van der Waals surface area contributed by atoms with Gasteiger partial charge in [-0.05, 0) is 44.1 Å². The van der Waals surface area contributed by atoms with Crippen LogP contribution in [0.5, 0.6) is 0 Å². The van der Waals surface area contributed by atoms with E-state index < -0.39 is 0 Å². The van der Waals surface area contributed by atoms with Crippen molar-refractivity contribution < 1.29 is 4.74 Å². The Balaban J connectivity index is 1.43. The van der Waals surface area contributed by atoms with Crippen LogP contribution in [0, 0.1) is 11.3 Å². The molecule has 0 amide bonds. The maximum atomic E-state index is 5.93. The highest BCUT2D eigenvalue weighted by Crippen LogP contribution is 2.38. The molecule has 0 aromatic carbocycles. The number of hydrogen-bond acceptors (Lipinski definition) is 3. The van der Waals surface area contributed by atoms with Crippen molar-refractivity contribution in [1.82, 2.24) is 10.6 Å². The first-order chi connectivity index (χ1) is 8.81. The molecule has 3 fully saturated rings. The molecule has 104 valence electrons. The van der Waals surface area contributed by atoms with Gasteiger partial charge in [0.15, 0.2) is 0 Å². The van der Waals surface area contributed by atoms with Crippen LogP contribution in [-0.4, -0.2) is 38.4 Å². The molecule has 2 bridgehead atoms. The Morgan fingerprint density at radius 2 is 2.33 bits per heavy atom. The number of nitrogens with one attached hydrogen (secondary N) is 2. The van der Waals surface area contributed by atoms with E-state index in [0.717, 1.165) is 5.92 Å². The van der Waals surface area contributed by atoms with Crippen LogP contribution >= 0.6 is 0 Å². The summed E-state index contributed by atoms with van der Waals surface area (Å²) in [6.07, 6.45) is 9.10. The van der Waals surface area contributed by atoms with Gasteiger partial charge in [-0.2, -0.15) is 0 Å². The van der Waals surface area contributed by atoms with Crippen molar-refractivity contribution >= 4 is 0 Å². The Labute approximate surface area is 111 Å². The molecule has 4 unspecified atom stereocenters. The maximum Gasteiger partial charge on any atom is 0.0621 e. The molecular formula is C15H28N2O. The lowest BCUT2D eigenvalue weighted by Crippen LogP contribution is -2.39. The summed E-state index contributed by atoms with van der Waals surface area (Å²) in [4.78, 5) is 0. The maximum absolute atomic E-state index is 5.93. The third-order valence-electron chi connectivity index (χ3n) is 5.25. The lowest BCUT2D eigenvalue weighted by atomic mass is 9.82. The van der Waals surface area contributed by atoms with E-state index >= 15 is 0 Å². The summed E-state index contributed by atoms with van der Waals surface area (Å²) in [5, 5.41) is 7.30. The highest BCUT2D eigenvalue weighted by Gasteiger charge is 2.40. The van der Waals surface area contributed by atoms with Crippen LogP contribution < -0.4 is 10.6 Å². The number of hydrogen-bond donors (Lipinski definition) is 2. The molecule has 4 atom stereocenters. The van der Waals surface area contributed by atoms with Gasteiger partial charge in [-0.3, -0.25) is 0 Å². The van der Waals surface area contributed by atoms with Gasteiger partial charge in [-0.1, -0.05) is 13.3 Å². The topological polar surface area (TPSA) is 33.3 Å². The predicted octanol–water partition coefficient (Wildman–Crippen LogP) is 1.92. The van der Waals surface area contributed by atoms with E-state index in [0.29, 0.717) is 17.6 Å². The largest absolute Gasteiger partial charge is 0.375 e. The van der Waals surface area contributed by atoms with Crippen molar-refractivity contribution in [2.24, 2.45) is 11.3 Å². The molecule has 2 N–H and O–H groups in total. The Bertz CT molecular complexity index is 276. The van der Waals surface area contributed by atoms with Gasteiger partial charge < -0.3 is 15.4 Å². The molecular weight excluding hydrogens is 224 g/mol. The zero-order chi connectivity index (χ0) is 12.4. The number of fused-ring (bicyclic) bond motifs is 2. The minimum absolute atomic E-state index is 0.535. The second kappa shape index (κ2) is 5.48. The van der Waals surface area contributed by atoms with Gasteiger partial charge in [-0.15, -0.1) is 0 Å². The summed E-state index contributed by atoms with van der Waals surface area (Å²) in [5.74, 6) is 0.789. The molecule has 0 aromatic rings. The fourth-order valence-electron chi connectivity index (χ4n) is 4.26. The first kappa shape index (κ1) is 12.9. The molecule has 18 heavy (non-hydrogen) atoms. The number of rotatable bonds is 6. The molecule has 0 spiro atoms. The fraction of sp³-hybridized carbons (Fsp3) is 1.00. The molecule has 0 radical (unpaired) electrons. The predicted molar refractivity (Wildman–Crippen MR) is 73.7 cm³/mol. The number of ether oxygens (including phenoxy) is 1. The molecule has 3 rings (SSSR count). The van der Waals surface area contributed by atoms with Crippen LogP contribution in [0.25, 0.3) is 0 Å². The molecule has 3 heterocycles. The van der Waals surface area contributed by atoms with Crippen LogP contribution in [-0.2, 0) is 4.74 Å². The van der Waals surface area contributed by atoms with Crippen molar-refractivity contribution in [2.45, 2.75) is 57.7 Å². The molecule has 3 saturated heterocycles. The van der Waals surface area contributed by atoms with E-state index in [2.05, 4.69) is 17.6 Å². The molecule has 3 aliphatic heterocycles.